The van der Waals surface area contributed by atoms with Crippen molar-refractivity contribution in [2.45, 2.75) is 39.2 Å². The third-order valence-corrected chi connectivity index (χ3v) is 4.48. The Balaban J connectivity index is 1.61. The molecule has 3 unspecified atom stereocenters. The van der Waals surface area contributed by atoms with Gasteiger partial charge in [-0.1, -0.05) is 44.2 Å². The van der Waals surface area contributed by atoms with Crippen LogP contribution >= 0.6 is 0 Å². The third-order valence-electron chi connectivity index (χ3n) is 4.48. The number of carbonyl (C=O) groups is 1. The van der Waals surface area contributed by atoms with Gasteiger partial charge >= 0.3 is 0 Å². The lowest BCUT2D eigenvalue weighted by Crippen LogP contribution is -2.40. The number of nitrogens with one attached hydrogen (secondary N) is 1. The van der Waals surface area contributed by atoms with Crippen LogP contribution in [0, 0.1) is 11.8 Å². The molecule has 1 saturated heterocycles. The minimum absolute atomic E-state index is 0.0817. The number of piperidine rings is 1. The standard InChI is InChI=1S/C19H30N2O2/c1-15-11-16(2)14-21(13-15)10-6-9-20-19(23)12-18(22)17-7-4-3-5-8-17/h3-5,7-8,15-16,18,22H,6,9-14H2,1-2H3,(H,20,23). The number of hydrogen-bond acceptors (Lipinski definition) is 3. The monoisotopic (exact) mass is 318 g/mol. The maximum atomic E-state index is 11.9. The average Bonchev–Trinajstić information content (AvgIpc) is 2.51. The van der Waals surface area contributed by atoms with Crippen molar-refractivity contribution in [3.05, 3.63) is 35.9 Å². The number of carbonyl (C=O) groups excluding carboxylic acids is 1. The summed E-state index contributed by atoms with van der Waals surface area (Å²) in [4.78, 5) is 14.4. The fourth-order valence-corrected chi connectivity index (χ4v) is 3.55. The SMILES string of the molecule is CC1CC(C)CN(CCCNC(=O)CC(O)c2ccccc2)C1. The van der Waals surface area contributed by atoms with Crippen LogP contribution in [0.4, 0.5) is 0 Å². The first-order valence-electron chi connectivity index (χ1n) is 8.76. The van der Waals surface area contributed by atoms with Crippen LogP contribution in [0.3, 0.4) is 0 Å². The second kappa shape index (κ2) is 9.04. The van der Waals surface area contributed by atoms with Gasteiger partial charge in [-0.2, -0.15) is 0 Å². The molecule has 3 atom stereocenters. The molecule has 4 heteroatoms. The molecular weight excluding hydrogens is 288 g/mol. The molecule has 23 heavy (non-hydrogen) atoms. The van der Waals surface area contributed by atoms with Crippen molar-refractivity contribution in [3.63, 3.8) is 0 Å². The van der Waals surface area contributed by atoms with Crippen LogP contribution < -0.4 is 5.32 Å². The minimum Gasteiger partial charge on any atom is -0.388 e. The lowest BCUT2D eigenvalue weighted by Gasteiger charge is -2.34. The number of likely N-dealkylation sites (tertiary alicyclic amines) is 1. The summed E-state index contributed by atoms with van der Waals surface area (Å²) in [6.07, 6.45) is 1.69. The first-order chi connectivity index (χ1) is 11.0. The van der Waals surface area contributed by atoms with Crippen molar-refractivity contribution in [3.8, 4) is 0 Å². The molecular formula is C19H30N2O2. The van der Waals surface area contributed by atoms with Gasteiger partial charge in [0.15, 0.2) is 0 Å². The number of aliphatic hydroxyl groups is 1. The first-order valence-corrected chi connectivity index (χ1v) is 8.76. The van der Waals surface area contributed by atoms with Crippen LogP contribution in [-0.4, -0.2) is 42.1 Å². The number of aliphatic hydroxyl groups excluding tert-OH is 1. The van der Waals surface area contributed by atoms with E-state index in [1.54, 1.807) is 0 Å². The first kappa shape index (κ1) is 18.0. The Morgan fingerprint density at radius 1 is 1.26 bits per heavy atom. The van der Waals surface area contributed by atoms with E-state index in [0.29, 0.717) is 6.54 Å². The highest BCUT2D eigenvalue weighted by Gasteiger charge is 2.21. The summed E-state index contributed by atoms with van der Waals surface area (Å²) in [5, 5.41) is 13.0. The summed E-state index contributed by atoms with van der Waals surface area (Å²) in [5.41, 5.74) is 0.791. The van der Waals surface area contributed by atoms with Crippen molar-refractivity contribution in [2.75, 3.05) is 26.2 Å². The van der Waals surface area contributed by atoms with E-state index in [1.165, 1.54) is 19.5 Å². The van der Waals surface area contributed by atoms with Crippen molar-refractivity contribution in [2.24, 2.45) is 11.8 Å². The van der Waals surface area contributed by atoms with Crippen molar-refractivity contribution in [1.29, 1.82) is 0 Å². The van der Waals surface area contributed by atoms with Gasteiger partial charge in [-0.15, -0.1) is 0 Å². The van der Waals surface area contributed by atoms with Gasteiger partial charge in [0.25, 0.3) is 0 Å². The van der Waals surface area contributed by atoms with Crippen LogP contribution in [0.2, 0.25) is 0 Å². The number of hydrogen-bond donors (Lipinski definition) is 2. The summed E-state index contributed by atoms with van der Waals surface area (Å²) in [6, 6.07) is 9.33. The molecule has 0 radical (unpaired) electrons. The Labute approximate surface area is 139 Å². The van der Waals surface area contributed by atoms with E-state index in [4.69, 9.17) is 0 Å². The molecule has 1 aliphatic rings. The largest absolute Gasteiger partial charge is 0.388 e. The van der Waals surface area contributed by atoms with Crippen molar-refractivity contribution in [1.82, 2.24) is 10.2 Å². The van der Waals surface area contributed by atoms with E-state index < -0.39 is 6.10 Å². The Morgan fingerprint density at radius 3 is 2.57 bits per heavy atom. The predicted molar refractivity (Wildman–Crippen MR) is 93.0 cm³/mol. The van der Waals surface area contributed by atoms with E-state index in [-0.39, 0.29) is 12.3 Å². The van der Waals surface area contributed by atoms with Gasteiger partial charge in [0.1, 0.15) is 0 Å². The smallest absolute Gasteiger partial charge is 0.222 e. The van der Waals surface area contributed by atoms with Gasteiger partial charge in [0, 0.05) is 19.6 Å². The van der Waals surface area contributed by atoms with E-state index >= 15 is 0 Å². The number of nitrogens with zero attached hydrogens (tertiary/aromatic N) is 1. The molecule has 1 aromatic rings. The maximum absolute atomic E-state index is 11.9. The van der Waals surface area contributed by atoms with Crippen LogP contribution in [-0.2, 0) is 4.79 Å². The molecule has 0 aromatic heterocycles. The molecule has 0 bridgehead atoms. The minimum atomic E-state index is -0.722. The van der Waals surface area contributed by atoms with E-state index in [1.807, 2.05) is 30.3 Å². The third kappa shape index (κ3) is 6.32. The molecule has 1 aromatic carbocycles. The van der Waals surface area contributed by atoms with Gasteiger partial charge in [-0.3, -0.25) is 4.79 Å². The van der Waals surface area contributed by atoms with Gasteiger partial charge in [-0.25, -0.2) is 0 Å². The maximum Gasteiger partial charge on any atom is 0.222 e. The zero-order valence-corrected chi connectivity index (χ0v) is 14.4. The molecule has 1 aliphatic heterocycles. The van der Waals surface area contributed by atoms with Gasteiger partial charge in [0.05, 0.1) is 12.5 Å². The highest BCUT2D eigenvalue weighted by atomic mass is 16.3. The second-order valence-corrected chi connectivity index (χ2v) is 7.04. The molecule has 4 nitrogen and oxygen atoms in total. The molecule has 1 amide bonds. The Bertz CT molecular complexity index is 468. The van der Waals surface area contributed by atoms with Crippen LogP contribution in [0.5, 0.6) is 0 Å². The van der Waals surface area contributed by atoms with Crippen molar-refractivity contribution < 1.29 is 9.90 Å². The lowest BCUT2D eigenvalue weighted by atomic mass is 9.92. The number of benzene rings is 1. The Morgan fingerprint density at radius 2 is 1.91 bits per heavy atom. The molecule has 0 aliphatic carbocycles. The zero-order valence-electron chi connectivity index (χ0n) is 14.4. The fourth-order valence-electron chi connectivity index (χ4n) is 3.55. The highest BCUT2D eigenvalue weighted by Crippen LogP contribution is 2.20. The topological polar surface area (TPSA) is 52.6 Å². The van der Waals surface area contributed by atoms with Crippen molar-refractivity contribution >= 4 is 5.91 Å². The molecule has 0 spiro atoms. The van der Waals surface area contributed by atoms with Gasteiger partial charge < -0.3 is 15.3 Å². The van der Waals surface area contributed by atoms with Gasteiger partial charge in [-0.05, 0) is 36.8 Å². The predicted octanol–water partition coefficient (Wildman–Crippen LogP) is 2.59. The average molecular weight is 318 g/mol. The zero-order chi connectivity index (χ0) is 16.7. The molecule has 1 fully saturated rings. The Hall–Kier alpha value is -1.39. The molecule has 2 N–H and O–H groups in total. The van der Waals surface area contributed by atoms with E-state index in [0.717, 1.165) is 30.4 Å². The summed E-state index contributed by atoms with van der Waals surface area (Å²) < 4.78 is 0. The summed E-state index contributed by atoms with van der Waals surface area (Å²) in [7, 11) is 0. The van der Waals surface area contributed by atoms with E-state index in [9.17, 15) is 9.90 Å². The lowest BCUT2D eigenvalue weighted by molar-refractivity contribution is -0.123. The van der Waals surface area contributed by atoms with E-state index in [2.05, 4.69) is 24.1 Å². The number of rotatable bonds is 7. The Kier molecular flexibility index (Phi) is 7.06. The summed E-state index contributed by atoms with van der Waals surface area (Å²) in [5.74, 6) is 1.46. The quantitative estimate of drug-likeness (QED) is 0.760. The van der Waals surface area contributed by atoms with Crippen LogP contribution in [0.1, 0.15) is 44.8 Å². The van der Waals surface area contributed by atoms with Crippen LogP contribution in [0.15, 0.2) is 30.3 Å². The fraction of sp³-hybridized carbons (Fsp3) is 0.632. The number of amides is 1. The molecule has 128 valence electrons. The summed E-state index contributed by atoms with van der Waals surface area (Å²) >= 11 is 0. The summed E-state index contributed by atoms with van der Waals surface area (Å²) in [6.45, 7) is 8.69. The normalized spacial score (nSPS) is 23.4. The second-order valence-electron chi connectivity index (χ2n) is 7.04. The molecule has 1 heterocycles. The van der Waals surface area contributed by atoms with Gasteiger partial charge in [0.2, 0.25) is 5.91 Å². The molecule has 0 saturated carbocycles. The van der Waals surface area contributed by atoms with Crippen LogP contribution in [0.25, 0.3) is 0 Å². The molecule has 2 rings (SSSR count). The highest BCUT2D eigenvalue weighted by molar-refractivity contribution is 5.76.